The van der Waals surface area contributed by atoms with Crippen molar-refractivity contribution in [1.29, 1.82) is 0 Å². The Morgan fingerprint density at radius 2 is 1.95 bits per heavy atom. The number of halogens is 3. The average molecular weight is 379 g/mol. The van der Waals surface area contributed by atoms with Gasteiger partial charge in [0.25, 0.3) is 10.0 Å². The molecule has 10 heteroatoms. The molecule has 0 unspecified atom stereocenters. The van der Waals surface area contributed by atoms with E-state index in [9.17, 15) is 17.2 Å². The first-order valence-electron chi connectivity index (χ1n) is 5.43. The van der Waals surface area contributed by atoms with Crippen LogP contribution in [0.3, 0.4) is 0 Å². The second-order valence-corrected chi connectivity index (χ2v) is 6.41. The number of anilines is 2. The topological polar surface area (TPSA) is 97.1 Å². The SMILES string of the molecule is NNc1ccc(S(=O)(=O)Nc2c(F)cc(F)cc2Br)cn1. The fourth-order valence-electron chi connectivity index (χ4n) is 1.46. The normalized spacial score (nSPS) is 11.2. The van der Waals surface area contributed by atoms with Crippen LogP contribution in [0.5, 0.6) is 0 Å². The minimum absolute atomic E-state index is 0.0585. The molecule has 0 fully saturated rings. The lowest BCUT2D eigenvalue weighted by Crippen LogP contribution is -2.15. The van der Waals surface area contributed by atoms with Crippen molar-refractivity contribution in [1.82, 2.24) is 4.98 Å². The molecule has 1 aromatic heterocycles. The van der Waals surface area contributed by atoms with Crippen molar-refractivity contribution in [2.45, 2.75) is 4.90 Å². The van der Waals surface area contributed by atoms with Crippen molar-refractivity contribution in [3.63, 3.8) is 0 Å². The molecule has 0 aliphatic heterocycles. The predicted molar refractivity (Wildman–Crippen MR) is 76.9 cm³/mol. The molecule has 0 amide bonds. The van der Waals surface area contributed by atoms with E-state index in [2.05, 4.69) is 26.3 Å². The summed E-state index contributed by atoms with van der Waals surface area (Å²) >= 11 is 2.90. The minimum atomic E-state index is -4.07. The first kappa shape index (κ1) is 15.6. The molecule has 0 radical (unpaired) electrons. The zero-order chi connectivity index (χ0) is 15.6. The average Bonchev–Trinajstić information content (AvgIpc) is 2.43. The summed E-state index contributed by atoms with van der Waals surface area (Å²) in [4.78, 5) is 3.55. The molecular weight excluding hydrogens is 370 g/mol. The summed E-state index contributed by atoms with van der Waals surface area (Å²) in [6.07, 6.45) is 1.05. The van der Waals surface area contributed by atoms with E-state index < -0.39 is 27.3 Å². The number of aromatic nitrogens is 1. The summed E-state index contributed by atoms with van der Waals surface area (Å²) in [5, 5.41) is 0. The van der Waals surface area contributed by atoms with E-state index in [4.69, 9.17) is 5.84 Å². The van der Waals surface area contributed by atoms with Gasteiger partial charge in [-0.2, -0.15) is 0 Å². The molecule has 0 saturated carbocycles. The summed E-state index contributed by atoms with van der Waals surface area (Å²) in [5.41, 5.74) is 1.85. The Balaban J connectivity index is 2.37. The number of hydrazine groups is 1. The Labute approximate surface area is 127 Å². The Morgan fingerprint density at radius 3 is 2.48 bits per heavy atom. The van der Waals surface area contributed by atoms with Crippen molar-refractivity contribution in [2.24, 2.45) is 5.84 Å². The van der Waals surface area contributed by atoms with Crippen molar-refractivity contribution >= 4 is 37.5 Å². The van der Waals surface area contributed by atoms with Crippen LogP contribution in [0.15, 0.2) is 39.8 Å². The summed E-state index contributed by atoms with van der Waals surface area (Å²) in [6, 6.07) is 4.09. The van der Waals surface area contributed by atoms with E-state index in [0.717, 1.165) is 12.3 Å². The highest BCUT2D eigenvalue weighted by atomic mass is 79.9. The standard InChI is InChI=1S/C11H9BrF2N4O2S/c12-8-3-6(13)4-9(14)11(8)18-21(19,20)7-1-2-10(17-15)16-5-7/h1-5,18H,15H2,(H,16,17). The third-order valence-corrected chi connectivity index (χ3v) is 4.40. The number of pyridine rings is 1. The number of benzene rings is 1. The van der Waals surface area contributed by atoms with Gasteiger partial charge in [0.1, 0.15) is 16.5 Å². The number of rotatable bonds is 4. The predicted octanol–water partition coefficient (Wildman–Crippen LogP) is 2.21. The maximum atomic E-state index is 13.6. The highest BCUT2D eigenvalue weighted by Gasteiger charge is 2.19. The van der Waals surface area contributed by atoms with Crippen LogP contribution in [0.1, 0.15) is 0 Å². The van der Waals surface area contributed by atoms with Crippen LogP contribution >= 0.6 is 15.9 Å². The van der Waals surface area contributed by atoms with E-state index in [1.807, 2.05) is 4.72 Å². The molecule has 0 aliphatic carbocycles. The largest absolute Gasteiger partial charge is 0.308 e. The number of nitrogens with zero attached hydrogens (tertiary/aromatic N) is 1. The Kier molecular flexibility index (Phi) is 4.40. The van der Waals surface area contributed by atoms with Crippen LogP contribution in [-0.2, 0) is 10.0 Å². The van der Waals surface area contributed by atoms with Gasteiger partial charge in [-0.1, -0.05) is 0 Å². The number of hydrogen-bond donors (Lipinski definition) is 3. The summed E-state index contributed by atoms with van der Waals surface area (Å²) < 4.78 is 52.8. The Bertz CT molecular complexity index is 745. The van der Waals surface area contributed by atoms with E-state index in [0.29, 0.717) is 6.07 Å². The molecule has 0 spiro atoms. The molecular formula is C11H9BrF2N4O2S. The molecule has 1 aromatic carbocycles. The van der Waals surface area contributed by atoms with Crippen molar-refractivity contribution in [3.8, 4) is 0 Å². The molecule has 6 nitrogen and oxygen atoms in total. The van der Waals surface area contributed by atoms with E-state index in [1.165, 1.54) is 12.1 Å². The van der Waals surface area contributed by atoms with Crippen LogP contribution in [0, 0.1) is 11.6 Å². The summed E-state index contributed by atoms with van der Waals surface area (Å²) in [7, 11) is -4.07. The van der Waals surface area contributed by atoms with Gasteiger partial charge in [0, 0.05) is 16.7 Å². The van der Waals surface area contributed by atoms with Crippen LogP contribution in [-0.4, -0.2) is 13.4 Å². The Morgan fingerprint density at radius 1 is 1.24 bits per heavy atom. The van der Waals surface area contributed by atoms with E-state index >= 15 is 0 Å². The van der Waals surface area contributed by atoms with Crippen molar-refractivity contribution in [2.75, 3.05) is 10.1 Å². The van der Waals surface area contributed by atoms with Gasteiger partial charge < -0.3 is 5.43 Å². The number of sulfonamides is 1. The van der Waals surface area contributed by atoms with Gasteiger partial charge in [-0.15, -0.1) is 0 Å². The van der Waals surface area contributed by atoms with Gasteiger partial charge in [0.15, 0.2) is 5.82 Å². The third-order valence-electron chi connectivity index (χ3n) is 2.44. The monoisotopic (exact) mass is 378 g/mol. The van der Waals surface area contributed by atoms with Crippen molar-refractivity contribution in [3.05, 3.63) is 46.6 Å². The number of hydrogen-bond acceptors (Lipinski definition) is 5. The second kappa shape index (κ2) is 5.92. The quantitative estimate of drug-likeness (QED) is 0.559. The van der Waals surface area contributed by atoms with Gasteiger partial charge in [0.2, 0.25) is 0 Å². The van der Waals surface area contributed by atoms with Gasteiger partial charge >= 0.3 is 0 Å². The van der Waals surface area contributed by atoms with Crippen LogP contribution in [0.25, 0.3) is 0 Å². The van der Waals surface area contributed by atoms with Gasteiger partial charge in [0.05, 0.1) is 5.69 Å². The molecule has 0 atom stereocenters. The zero-order valence-electron chi connectivity index (χ0n) is 10.3. The van der Waals surface area contributed by atoms with Crippen LogP contribution in [0.2, 0.25) is 0 Å². The lowest BCUT2D eigenvalue weighted by Gasteiger charge is -2.11. The van der Waals surface area contributed by atoms with E-state index in [1.54, 1.807) is 0 Å². The fourth-order valence-corrected chi connectivity index (χ4v) is 3.13. The molecule has 0 bridgehead atoms. The fraction of sp³-hybridized carbons (Fsp3) is 0. The van der Waals surface area contributed by atoms with Crippen LogP contribution in [0.4, 0.5) is 20.3 Å². The van der Waals surface area contributed by atoms with Crippen LogP contribution < -0.4 is 16.0 Å². The smallest absolute Gasteiger partial charge is 0.263 e. The molecule has 2 aromatic rings. The molecule has 0 aliphatic rings. The molecule has 2 rings (SSSR count). The minimum Gasteiger partial charge on any atom is -0.308 e. The summed E-state index contributed by atoms with van der Waals surface area (Å²) in [6.45, 7) is 0. The molecule has 0 saturated heterocycles. The molecule has 1 heterocycles. The highest BCUT2D eigenvalue weighted by Crippen LogP contribution is 2.29. The second-order valence-electron chi connectivity index (χ2n) is 3.87. The maximum absolute atomic E-state index is 13.6. The number of nitrogens with two attached hydrogens (primary N) is 1. The lowest BCUT2D eigenvalue weighted by atomic mass is 10.3. The Hall–Kier alpha value is -1.78. The zero-order valence-corrected chi connectivity index (χ0v) is 12.7. The first-order chi connectivity index (χ1) is 9.83. The summed E-state index contributed by atoms with van der Waals surface area (Å²) in [5.74, 6) is 3.51. The van der Waals surface area contributed by atoms with E-state index in [-0.39, 0.29) is 15.2 Å². The molecule has 112 valence electrons. The number of nitrogens with one attached hydrogen (secondary N) is 2. The van der Waals surface area contributed by atoms with Gasteiger partial charge in [-0.05, 0) is 34.1 Å². The van der Waals surface area contributed by atoms with Gasteiger partial charge in [-0.3, -0.25) is 4.72 Å². The first-order valence-corrected chi connectivity index (χ1v) is 7.71. The van der Waals surface area contributed by atoms with Gasteiger partial charge in [-0.25, -0.2) is 28.0 Å². The highest BCUT2D eigenvalue weighted by molar-refractivity contribution is 9.10. The number of nitrogen functional groups attached to an aromatic ring is 1. The third kappa shape index (κ3) is 3.46. The van der Waals surface area contributed by atoms with Crippen molar-refractivity contribution < 1.29 is 17.2 Å². The molecule has 21 heavy (non-hydrogen) atoms. The molecule has 4 N–H and O–H groups in total. The lowest BCUT2D eigenvalue weighted by molar-refractivity contribution is 0.581. The maximum Gasteiger partial charge on any atom is 0.263 e.